The van der Waals surface area contributed by atoms with Gasteiger partial charge >= 0.3 is 12.1 Å². The monoisotopic (exact) mass is 467 g/mol. The van der Waals surface area contributed by atoms with Crippen molar-refractivity contribution in [1.29, 1.82) is 0 Å². The number of aryl methyl sites for hydroxylation is 2. The van der Waals surface area contributed by atoms with Crippen LogP contribution in [0.1, 0.15) is 30.9 Å². The van der Waals surface area contributed by atoms with E-state index in [1.165, 1.54) is 24.3 Å². The molecule has 0 aliphatic carbocycles. The summed E-state index contributed by atoms with van der Waals surface area (Å²) in [5.41, 5.74) is 1.66. The summed E-state index contributed by atoms with van der Waals surface area (Å²) >= 11 is 0. The minimum Gasteiger partial charge on any atom is -0.247 e. The van der Waals surface area contributed by atoms with Gasteiger partial charge in [-0.2, -0.15) is 0 Å². The van der Waals surface area contributed by atoms with Crippen molar-refractivity contribution in [2.45, 2.75) is 43.4 Å². The molecule has 0 aromatic heterocycles. The van der Waals surface area contributed by atoms with Crippen molar-refractivity contribution >= 4 is 32.1 Å². The fourth-order valence-corrected chi connectivity index (χ4v) is 4.41. The second kappa shape index (κ2) is 9.92. The van der Waals surface area contributed by atoms with Gasteiger partial charge in [0.2, 0.25) is 0 Å². The highest BCUT2D eigenvalue weighted by Crippen LogP contribution is 2.13. The first-order chi connectivity index (χ1) is 14.5. The molecule has 4 amide bonds. The Balaban J connectivity index is 2.23. The maximum absolute atomic E-state index is 12.6. The Morgan fingerprint density at radius 3 is 1.42 bits per heavy atom. The molecule has 0 saturated heterocycles. The Bertz CT molecular complexity index is 1050. The lowest BCUT2D eigenvalue weighted by Crippen LogP contribution is -2.51. The van der Waals surface area contributed by atoms with Crippen LogP contribution in [-0.2, 0) is 20.0 Å². The van der Waals surface area contributed by atoms with Crippen molar-refractivity contribution < 1.29 is 26.4 Å². The van der Waals surface area contributed by atoms with E-state index in [0.717, 1.165) is 11.1 Å². The van der Waals surface area contributed by atoms with E-state index in [0.29, 0.717) is 17.7 Å². The van der Waals surface area contributed by atoms with Crippen LogP contribution >= 0.6 is 0 Å². The van der Waals surface area contributed by atoms with Crippen molar-refractivity contribution in [2.75, 3.05) is 6.54 Å². The number of unbranched alkanes of at least 4 members (excludes halogenated alkanes) is 1. The first-order valence-electron chi connectivity index (χ1n) is 9.50. The van der Waals surface area contributed by atoms with Crippen LogP contribution in [0.3, 0.4) is 0 Å². The predicted molar refractivity (Wildman–Crippen MR) is 115 cm³/mol. The molecule has 9 nitrogen and oxygen atoms in total. The molecule has 0 unspecified atom stereocenters. The zero-order valence-corrected chi connectivity index (χ0v) is 19.1. The Kier molecular flexibility index (Phi) is 7.80. The van der Waals surface area contributed by atoms with E-state index in [1.807, 2.05) is 9.44 Å². The second-order valence-corrected chi connectivity index (χ2v) is 10.3. The van der Waals surface area contributed by atoms with Crippen LogP contribution in [0.4, 0.5) is 9.59 Å². The highest BCUT2D eigenvalue weighted by atomic mass is 32.2. The number of nitrogens with one attached hydrogen (secondary N) is 2. The molecule has 0 saturated carbocycles. The molecule has 0 aliphatic rings. The lowest BCUT2D eigenvalue weighted by molar-refractivity contribution is 0.192. The molecule has 2 aromatic rings. The van der Waals surface area contributed by atoms with E-state index < -0.39 is 32.1 Å². The quantitative estimate of drug-likeness (QED) is 0.644. The summed E-state index contributed by atoms with van der Waals surface area (Å²) in [4.78, 5) is 25.4. The number of benzene rings is 2. The number of hydrogen-bond acceptors (Lipinski definition) is 6. The number of nitrogens with zero attached hydrogens (tertiary/aromatic N) is 1. The molecule has 0 bridgehead atoms. The number of hydrogen-bond donors (Lipinski definition) is 2. The van der Waals surface area contributed by atoms with Crippen LogP contribution in [0.2, 0.25) is 0 Å². The third kappa shape index (κ3) is 6.53. The van der Waals surface area contributed by atoms with Gasteiger partial charge in [-0.25, -0.2) is 40.8 Å². The van der Waals surface area contributed by atoms with Crippen LogP contribution < -0.4 is 9.44 Å². The van der Waals surface area contributed by atoms with Crippen LogP contribution in [0, 0.1) is 13.8 Å². The molecule has 2 N–H and O–H groups in total. The SMILES string of the molecule is CCCCN(C(=O)NS(=O)(=O)c1ccc(C)cc1)C(=O)NS(=O)(=O)c1ccc(C)cc1. The van der Waals surface area contributed by atoms with Gasteiger partial charge < -0.3 is 0 Å². The number of rotatable bonds is 7. The number of urea groups is 2. The van der Waals surface area contributed by atoms with Crippen LogP contribution in [0.5, 0.6) is 0 Å². The van der Waals surface area contributed by atoms with Crippen molar-refractivity contribution in [3.8, 4) is 0 Å². The lowest BCUT2D eigenvalue weighted by Gasteiger charge is -2.21. The first-order valence-corrected chi connectivity index (χ1v) is 12.5. The molecule has 0 radical (unpaired) electrons. The fraction of sp³-hybridized carbons (Fsp3) is 0.300. The number of carbonyl (C=O) groups is 2. The standard InChI is InChI=1S/C20H25N3O6S2/c1-4-5-14-23(19(24)21-30(26,27)17-10-6-15(2)7-11-17)20(25)22-31(28,29)18-12-8-16(3)9-13-18/h6-13H,4-5,14H2,1-3H3,(H,21,24)(H,22,25). The Hall–Kier alpha value is -2.92. The number of sulfonamides is 2. The van der Waals surface area contributed by atoms with E-state index in [1.54, 1.807) is 45.0 Å². The van der Waals surface area contributed by atoms with E-state index in [9.17, 15) is 26.4 Å². The Morgan fingerprint density at radius 2 is 1.10 bits per heavy atom. The number of amides is 4. The van der Waals surface area contributed by atoms with Gasteiger partial charge in [0.1, 0.15) is 0 Å². The summed E-state index contributed by atoms with van der Waals surface area (Å²) < 4.78 is 53.6. The van der Waals surface area contributed by atoms with Crippen LogP contribution in [-0.4, -0.2) is 40.3 Å². The molecule has 0 spiro atoms. The van der Waals surface area contributed by atoms with Gasteiger partial charge in [0.25, 0.3) is 20.0 Å². The Labute approximate surface area is 182 Å². The normalized spacial score (nSPS) is 11.6. The van der Waals surface area contributed by atoms with E-state index in [2.05, 4.69) is 0 Å². The zero-order valence-electron chi connectivity index (χ0n) is 17.5. The third-order valence-corrected chi connectivity index (χ3v) is 7.00. The van der Waals surface area contributed by atoms with Crippen LogP contribution in [0.25, 0.3) is 0 Å². The largest absolute Gasteiger partial charge is 0.339 e. The van der Waals surface area contributed by atoms with Crippen molar-refractivity contribution in [3.63, 3.8) is 0 Å². The van der Waals surface area contributed by atoms with E-state index in [-0.39, 0.29) is 16.3 Å². The highest BCUT2D eigenvalue weighted by Gasteiger charge is 2.29. The molecular formula is C20H25N3O6S2. The topological polar surface area (TPSA) is 130 Å². The summed E-state index contributed by atoms with van der Waals surface area (Å²) in [6, 6.07) is 9.06. The van der Waals surface area contributed by atoms with E-state index >= 15 is 0 Å². The van der Waals surface area contributed by atoms with Gasteiger partial charge in [0.05, 0.1) is 9.79 Å². The maximum atomic E-state index is 12.6. The fourth-order valence-electron chi connectivity index (χ4n) is 2.50. The average Bonchev–Trinajstić information content (AvgIpc) is 2.68. The molecule has 0 aliphatic heterocycles. The average molecular weight is 468 g/mol. The van der Waals surface area contributed by atoms with Gasteiger partial charge in [0, 0.05) is 6.54 Å². The first kappa shape index (κ1) is 24.4. The van der Waals surface area contributed by atoms with Crippen molar-refractivity contribution in [2.24, 2.45) is 0 Å². The number of carbonyl (C=O) groups excluding carboxylic acids is 2. The van der Waals surface area contributed by atoms with Crippen LogP contribution in [0.15, 0.2) is 58.3 Å². The zero-order chi connectivity index (χ0) is 23.2. The third-order valence-electron chi connectivity index (χ3n) is 4.33. The molecule has 0 fully saturated rings. The van der Waals surface area contributed by atoms with Gasteiger partial charge in [-0.15, -0.1) is 0 Å². The molecule has 0 heterocycles. The molecular weight excluding hydrogens is 442 g/mol. The summed E-state index contributed by atoms with van der Waals surface area (Å²) in [5, 5.41) is 0. The van der Waals surface area contributed by atoms with Crippen molar-refractivity contribution in [3.05, 3.63) is 59.7 Å². The second-order valence-electron chi connectivity index (χ2n) is 6.95. The molecule has 11 heteroatoms. The molecule has 31 heavy (non-hydrogen) atoms. The van der Waals surface area contributed by atoms with Gasteiger partial charge in [-0.1, -0.05) is 48.7 Å². The van der Waals surface area contributed by atoms with Crippen molar-refractivity contribution in [1.82, 2.24) is 14.3 Å². The smallest absolute Gasteiger partial charge is 0.247 e. The summed E-state index contributed by atoms with van der Waals surface area (Å²) in [6.45, 7) is 5.20. The maximum Gasteiger partial charge on any atom is 0.339 e. The van der Waals surface area contributed by atoms with Gasteiger partial charge in [0.15, 0.2) is 0 Å². The molecule has 0 atom stereocenters. The highest BCUT2D eigenvalue weighted by molar-refractivity contribution is 7.90. The minimum absolute atomic E-state index is 0.158. The minimum atomic E-state index is -4.25. The Morgan fingerprint density at radius 1 is 0.742 bits per heavy atom. The summed E-state index contributed by atoms with van der Waals surface area (Å²) in [5.74, 6) is 0. The molecule has 2 rings (SSSR count). The molecule has 2 aromatic carbocycles. The summed E-state index contributed by atoms with van der Waals surface area (Å²) in [6.07, 6.45) is 0.947. The summed E-state index contributed by atoms with van der Waals surface area (Å²) in [7, 11) is -8.50. The van der Waals surface area contributed by atoms with E-state index in [4.69, 9.17) is 0 Å². The lowest BCUT2D eigenvalue weighted by atomic mass is 10.2. The molecule has 168 valence electrons. The predicted octanol–water partition coefficient (Wildman–Crippen LogP) is 2.90. The van der Waals surface area contributed by atoms with Gasteiger partial charge in [-0.05, 0) is 44.5 Å². The van der Waals surface area contributed by atoms with Gasteiger partial charge in [-0.3, -0.25) is 0 Å². The number of imide groups is 1.